The Kier molecular flexibility index (Phi) is 11.0. The lowest BCUT2D eigenvalue weighted by Gasteiger charge is -2.34. The van der Waals surface area contributed by atoms with Crippen molar-refractivity contribution in [1.29, 1.82) is 0 Å². The van der Waals surface area contributed by atoms with Crippen molar-refractivity contribution in [3.05, 3.63) is 18.2 Å². The maximum atomic E-state index is 11.4. The van der Waals surface area contributed by atoms with Gasteiger partial charge in [0.25, 0.3) is 0 Å². The molecule has 1 aromatic carbocycles. The fourth-order valence-corrected chi connectivity index (χ4v) is 2.95. The Morgan fingerprint density at radius 2 is 1.93 bits per heavy atom. The molecule has 0 radical (unpaired) electrons. The molecule has 0 aromatic heterocycles. The fourth-order valence-electron chi connectivity index (χ4n) is 2.95. The molecule has 0 atom stereocenters. The van der Waals surface area contributed by atoms with Gasteiger partial charge < -0.3 is 25.0 Å². The van der Waals surface area contributed by atoms with E-state index in [0.29, 0.717) is 18.3 Å². The Morgan fingerprint density at radius 3 is 2.50 bits per heavy atom. The number of ether oxygens (including phenoxy) is 2. The van der Waals surface area contributed by atoms with E-state index < -0.39 is 0 Å². The largest absolute Gasteiger partial charge is 0.493 e. The van der Waals surface area contributed by atoms with Crippen molar-refractivity contribution < 1.29 is 14.3 Å². The van der Waals surface area contributed by atoms with Crippen LogP contribution in [0.4, 0.5) is 5.69 Å². The summed E-state index contributed by atoms with van der Waals surface area (Å²) in [7, 11) is 3.37. The zero-order valence-electron chi connectivity index (χ0n) is 17.2. The minimum absolute atomic E-state index is 0. The first-order valence-electron chi connectivity index (χ1n) is 9.33. The highest BCUT2D eigenvalue weighted by molar-refractivity contribution is 14.0. The summed E-state index contributed by atoms with van der Waals surface area (Å²) < 4.78 is 10.9. The number of nitrogens with zero attached hydrogens (tertiary/aromatic N) is 3. The molecule has 8 nitrogen and oxygen atoms in total. The molecule has 28 heavy (non-hydrogen) atoms. The van der Waals surface area contributed by atoms with Crippen LogP contribution < -0.4 is 20.1 Å². The van der Waals surface area contributed by atoms with Gasteiger partial charge in [-0.2, -0.15) is 0 Å². The van der Waals surface area contributed by atoms with Crippen LogP contribution in [0.5, 0.6) is 11.5 Å². The average Bonchev–Trinajstić information content (AvgIpc) is 2.68. The van der Waals surface area contributed by atoms with Gasteiger partial charge in [0.05, 0.1) is 13.7 Å². The molecule has 1 amide bonds. The predicted molar refractivity (Wildman–Crippen MR) is 123 cm³/mol. The number of guanidine groups is 1. The summed E-state index contributed by atoms with van der Waals surface area (Å²) in [4.78, 5) is 19.9. The highest BCUT2D eigenvalue weighted by atomic mass is 127. The van der Waals surface area contributed by atoms with E-state index >= 15 is 0 Å². The molecule has 0 saturated carbocycles. The molecule has 0 unspecified atom stereocenters. The number of nitrogens with one attached hydrogen (secondary N) is 2. The first-order chi connectivity index (χ1) is 13.1. The summed E-state index contributed by atoms with van der Waals surface area (Å²) >= 11 is 0. The topological polar surface area (TPSA) is 78.4 Å². The number of aliphatic imine (C=N–C) groups is 1. The van der Waals surface area contributed by atoms with Gasteiger partial charge in [-0.05, 0) is 19.1 Å². The Balaban J connectivity index is 0.00000392. The van der Waals surface area contributed by atoms with Gasteiger partial charge in [-0.3, -0.25) is 14.7 Å². The van der Waals surface area contributed by atoms with Gasteiger partial charge in [-0.15, -0.1) is 24.0 Å². The van der Waals surface area contributed by atoms with E-state index in [1.807, 2.05) is 30.0 Å². The third-order valence-corrected chi connectivity index (χ3v) is 4.49. The van der Waals surface area contributed by atoms with E-state index in [-0.39, 0.29) is 29.9 Å². The lowest BCUT2D eigenvalue weighted by atomic mass is 10.2. The van der Waals surface area contributed by atoms with Gasteiger partial charge in [-0.1, -0.05) is 0 Å². The zero-order valence-corrected chi connectivity index (χ0v) is 19.5. The second kappa shape index (κ2) is 12.7. The number of carbonyl (C=O) groups excluding carboxylic acids is 1. The fraction of sp³-hybridized carbons (Fsp3) is 0.579. The molecular weight excluding hydrogens is 473 g/mol. The number of anilines is 1. The lowest BCUT2D eigenvalue weighted by Crippen LogP contribution is -2.50. The molecule has 1 fully saturated rings. The molecule has 1 aliphatic heterocycles. The second-order valence-electron chi connectivity index (χ2n) is 6.27. The van der Waals surface area contributed by atoms with Crippen molar-refractivity contribution in [2.24, 2.45) is 4.99 Å². The van der Waals surface area contributed by atoms with Crippen LogP contribution in [0.1, 0.15) is 13.8 Å². The molecule has 2 rings (SSSR count). The number of methoxy groups -OCH3 is 1. The van der Waals surface area contributed by atoms with Crippen LogP contribution in [0, 0.1) is 0 Å². The minimum Gasteiger partial charge on any atom is -0.493 e. The Morgan fingerprint density at radius 1 is 1.21 bits per heavy atom. The molecule has 9 heteroatoms. The van der Waals surface area contributed by atoms with Crippen LogP contribution in [-0.2, 0) is 4.79 Å². The number of hydrogen-bond donors (Lipinski definition) is 2. The van der Waals surface area contributed by atoms with Gasteiger partial charge in [-0.25, -0.2) is 0 Å². The van der Waals surface area contributed by atoms with E-state index in [0.717, 1.165) is 50.7 Å². The summed E-state index contributed by atoms with van der Waals surface area (Å²) in [6.07, 6.45) is 0. The third-order valence-electron chi connectivity index (χ3n) is 4.49. The van der Waals surface area contributed by atoms with Gasteiger partial charge in [0.1, 0.15) is 0 Å². The van der Waals surface area contributed by atoms with Crippen molar-refractivity contribution in [3.8, 4) is 11.5 Å². The SMILES string of the molecule is CCOc1ccc(NC(=NC)NCCN2CCN(C(C)=O)CC2)cc1OC.I. The standard InChI is InChI=1S/C19H31N5O3.HI/c1-5-27-17-7-6-16(14-18(17)26-4)22-19(20-3)21-8-9-23-10-12-24(13-11-23)15(2)25;/h6-7,14H,5,8-13H2,1-4H3,(H2,20,21,22);1H. The van der Waals surface area contributed by atoms with Crippen LogP contribution in [0.25, 0.3) is 0 Å². The number of halogens is 1. The number of piperazine rings is 1. The Hall–Kier alpha value is -1.75. The van der Waals surface area contributed by atoms with Crippen molar-refractivity contribution in [2.75, 3.05) is 65.3 Å². The molecule has 2 N–H and O–H groups in total. The van der Waals surface area contributed by atoms with E-state index in [1.54, 1.807) is 21.1 Å². The smallest absolute Gasteiger partial charge is 0.219 e. The van der Waals surface area contributed by atoms with Crippen LogP contribution in [-0.4, -0.2) is 81.7 Å². The van der Waals surface area contributed by atoms with E-state index in [1.165, 1.54) is 0 Å². The highest BCUT2D eigenvalue weighted by Gasteiger charge is 2.18. The molecule has 1 aliphatic rings. The van der Waals surface area contributed by atoms with Crippen molar-refractivity contribution in [1.82, 2.24) is 15.1 Å². The highest BCUT2D eigenvalue weighted by Crippen LogP contribution is 2.30. The molecule has 1 saturated heterocycles. The maximum absolute atomic E-state index is 11.4. The number of rotatable bonds is 7. The molecule has 1 heterocycles. The first kappa shape index (κ1) is 24.3. The van der Waals surface area contributed by atoms with Gasteiger partial charge in [0.2, 0.25) is 5.91 Å². The second-order valence-corrected chi connectivity index (χ2v) is 6.27. The summed E-state index contributed by atoms with van der Waals surface area (Å²) in [6.45, 7) is 9.25. The van der Waals surface area contributed by atoms with E-state index in [2.05, 4.69) is 20.5 Å². The van der Waals surface area contributed by atoms with Crippen molar-refractivity contribution >= 4 is 41.5 Å². The molecule has 0 aliphatic carbocycles. The zero-order chi connectivity index (χ0) is 19.6. The first-order valence-corrected chi connectivity index (χ1v) is 9.33. The summed E-state index contributed by atoms with van der Waals surface area (Å²) in [6, 6.07) is 5.70. The van der Waals surface area contributed by atoms with Crippen molar-refractivity contribution in [3.63, 3.8) is 0 Å². The third kappa shape index (κ3) is 7.34. The summed E-state index contributed by atoms with van der Waals surface area (Å²) in [5.41, 5.74) is 0.874. The van der Waals surface area contributed by atoms with Crippen LogP contribution in [0.15, 0.2) is 23.2 Å². The van der Waals surface area contributed by atoms with Gasteiger partial charge in [0.15, 0.2) is 17.5 Å². The maximum Gasteiger partial charge on any atom is 0.219 e. The number of carbonyl (C=O) groups is 1. The van der Waals surface area contributed by atoms with Gasteiger partial charge >= 0.3 is 0 Å². The monoisotopic (exact) mass is 505 g/mol. The summed E-state index contributed by atoms with van der Waals surface area (Å²) in [5, 5.41) is 6.59. The molecule has 1 aromatic rings. The van der Waals surface area contributed by atoms with Crippen LogP contribution >= 0.6 is 24.0 Å². The number of benzene rings is 1. The molecular formula is C19H32IN5O3. The Bertz CT molecular complexity index is 648. The van der Waals surface area contributed by atoms with Gasteiger partial charge in [0, 0.05) is 65.0 Å². The predicted octanol–water partition coefficient (Wildman–Crippen LogP) is 1.86. The molecule has 0 spiro atoms. The minimum atomic E-state index is 0. The van der Waals surface area contributed by atoms with E-state index in [4.69, 9.17) is 9.47 Å². The molecule has 0 bridgehead atoms. The normalized spacial score (nSPS) is 14.9. The quantitative estimate of drug-likeness (QED) is 0.335. The van der Waals surface area contributed by atoms with Crippen LogP contribution in [0.2, 0.25) is 0 Å². The van der Waals surface area contributed by atoms with Crippen LogP contribution in [0.3, 0.4) is 0 Å². The number of hydrogen-bond acceptors (Lipinski definition) is 5. The number of amides is 1. The van der Waals surface area contributed by atoms with E-state index in [9.17, 15) is 4.79 Å². The lowest BCUT2D eigenvalue weighted by molar-refractivity contribution is -0.130. The average molecular weight is 505 g/mol. The summed E-state index contributed by atoms with van der Waals surface area (Å²) in [5.74, 6) is 2.26. The Labute approximate surface area is 184 Å². The van der Waals surface area contributed by atoms with Crippen molar-refractivity contribution in [2.45, 2.75) is 13.8 Å². The molecule has 158 valence electrons.